The highest BCUT2D eigenvalue weighted by atomic mass is 32.1. The second-order valence-corrected chi connectivity index (χ2v) is 8.08. The quantitative estimate of drug-likeness (QED) is 0.252. The van der Waals surface area contributed by atoms with Crippen molar-refractivity contribution >= 4 is 22.7 Å². The van der Waals surface area contributed by atoms with Crippen LogP contribution in [0.2, 0.25) is 0 Å². The van der Waals surface area contributed by atoms with Crippen molar-refractivity contribution in [3.05, 3.63) is 98.7 Å². The maximum Gasteiger partial charge on any atom is 0.269 e. The standard InChI is InChI=1S/C25H23N3O4S/c1-31-23-13-8-18(16-24(23)32-2)14-15-27-22(19-9-11-21(12-10-19)28(29)30)17-33-25(27)26-20-6-4-3-5-7-20/h3-13,16-17H,14-15H2,1-2H3. The van der Waals surface area contributed by atoms with Gasteiger partial charge in [0.05, 0.1) is 30.5 Å². The van der Waals surface area contributed by atoms with E-state index in [-0.39, 0.29) is 5.69 Å². The molecule has 168 valence electrons. The van der Waals surface area contributed by atoms with Gasteiger partial charge < -0.3 is 14.0 Å². The molecule has 0 unspecified atom stereocenters. The summed E-state index contributed by atoms with van der Waals surface area (Å²) in [6.07, 6.45) is 0.749. The molecule has 1 heterocycles. The van der Waals surface area contributed by atoms with Crippen LogP contribution in [0.15, 0.2) is 83.2 Å². The number of ether oxygens (including phenoxy) is 2. The molecule has 0 N–H and O–H groups in total. The molecule has 33 heavy (non-hydrogen) atoms. The van der Waals surface area contributed by atoms with Gasteiger partial charge in [-0.15, -0.1) is 11.3 Å². The number of non-ortho nitro benzene ring substituents is 1. The molecule has 7 nitrogen and oxygen atoms in total. The summed E-state index contributed by atoms with van der Waals surface area (Å²) in [7, 11) is 3.24. The number of thiazole rings is 1. The topological polar surface area (TPSA) is 78.9 Å². The Morgan fingerprint density at radius 2 is 1.70 bits per heavy atom. The number of aromatic nitrogens is 1. The molecule has 4 aromatic rings. The minimum atomic E-state index is -0.390. The van der Waals surface area contributed by atoms with Gasteiger partial charge in [0.1, 0.15) is 0 Å². The minimum absolute atomic E-state index is 0.0695. The number of hydrogen-bond acceptors (Lipinski definition) is 6. The molecule has 0 aliphatic rings. The molecule has 0 aliphatic heterocycles. The zero-order chi connectivity index (χ0) is 23.2. The number of nitrogens with zero attached hydrogens (tertiary/aromatic N) is 3. The number of rotatable bonds is 8. The van der Waals surface area contributed by atoms with E-state index in [2.05, 4.69) is 4.57 Å². The Labute approximate surface area is 195 Å². The largest absolute Gasteiger partial charge is 0.493 e. The number of benzene rings is 3. The van der Waals surface area contributed by atoms with Crippen molar-refractivity contribution in [2.24, 2.45) is 4.99 Å². The summed E-state index contributed by atoms with van der Waals surface area (Å²) < 4.78 is 12.9. The zero-order valence-electron chi connectivity index (χ0n) is 18.3. The van der Waals surface area contributed by atoms with Crippen molar-refractivity contribution in [2.75, 3.05) is 14.2 Å². The number of para-hydroxylation sites is 1. The monoisotopic (exact) mass is 461 g/mol. The number of nitro benzene ring substituents is 1. The molecule has 0 radical (unpaired) electrons. The fourth-order valence-corrected chi connectivity index (χ4v) is 4.46. The summed E-state index contributed by atoms with van der Waals surface area (Å²) in [5.74, 6) is 1.38. The maximum absolute atomic E-state index is 11.0. The van der Waals surface area contributed by atoms with Gasteiger partial charge in [0.15, 0.2) is 16.3 Å². The first-order chi connectivity index (χ1) is 16.1. The van der Waals surface area contributed by atoms with Crippen molar-refractivity contribution in [1.29, 1.82) is 0 Å². The smallest absolute Gasteiger partial charge is 0.269 e. The van der Waals surface area contributed by atoms with E-state index in [4.69, 9.17) is 14.5 Å². The first-order valence-electron chi connectivity index (χ1n) is 10.3. The van der Waals surface area contributed by atoms with E-state index in [0.717, 1.165) is 33.7 Å². The van der Waals surface area contributed by atoms with Crippen LogP contribution in [0.3, 0.4) is 0 Å². The molecular weight excluding hydrogens is 438 g/mol. The highest BCUT2D eigenvalue weighted by molar-refractivity contribution is 7.07. The zero-order valence-corrected chi connectivity index (χ0v) is 19.1. The van der Waals surface area contributed by atoms with Crippen LogP contribution in [0.1, 0.15) is 5.56 Å². The minimum Gasteiger partial charge on any atom is -0.493 e. The summed E-state index contributed by atoms with van der Waals surface area (Å²) in [5.41, 5.74) is 3.91. The Morgan fingerprint density at radius 1 is 0.970 bits per heavy atom. The van der Waals surface area contributed by atoms with E-state index < -0.39 is 4.92 Å². The van der Waals surface area contributed by atoms with Gasteiger partial charge in [-0.2, -0.15) is 0 Å². The predicted molar refractivity (Wildman–Crippen MR) is 129 cm³/mol. The van der Waals surface area contributed by atoms with E-state index in [9.17, 15) is 10.1 Å². The number of nitro groups is 1. The summed E-state index contributed by atoms with van der Waals surface area (Å²) in [4.78, 5) is 16.3. The normalized spacial score (nSPS) is 11.4. The summed E-state index contributed by atoms with van der Waals surface area (Å²) in [5, 5.41) is 13.1. The lowest BCUT2D eigenvalue weighted by Gasteiger charge is -2.12. The van der Waals surface area contributed by atoms with Crippen molar-refractivity contribution in [3.63, 3.8) is 0 Å². The van der Waals surface area contributed by atoms with E-state index in [1.54, 1.807) is 37.7 Å². The van der Waals surface area contributed by atoms with Crippen molar-refractivity contribution in [1.82, 2.24) is 4.57 Å². The molecule has 0 saturated carbocycles. The van der Waals surface area contributed by atoms with E-state index in [1.165, 1.54) is 12.1 Å². The van der Waals surface area contributed by atoms with Gasteiger partial charge >= 0.3 is 0 Å². The Kier molecular flexibility index (Phi) is 6.85. The van der Waals surface area contributed by atoms with Crippen LogP contribution >= 0.6 is 11.3 Å². The van der Waals surface area contributed by atoms with Crippen LogP contribution in [0.4, 0.5) is 11.4 Å². The number of methoxy groups -OCH3 is 2. The predicted octanol–water partition coefficient (Wildman–Crippen LogP) is 5.62. The molecule has 4 rings (SSSR count). The van der Waals surface area contributed by atoms with Crippen LogP contribution in [0, 0.1) is 10.1 Å². The van der Waals surface area contributed by atoms with Gasteiger partial charge in [0.25, 0.3) is 5.69 Å². The molecule has 0 atom stereocenters. The molecule has 3 aromatic carbocycles. The molecule has 0 amide bonds. The van der Waals surface area contributed by atoms with Crippen molar-refractivity contribution in [2.45, 2.75) is 13.0 Å². The van der Waals surface area contributed by atoms with Crippen molar-refractivity contribution < 1.29 is 14.4 Å². The van der Waals surface area contributed by atoms with E-state index >= 15 is 0 Å². The Hall–Kier alpha value is -3.91. The van der Waals surface area contributed by atoms with Crippen LogP contribution in [0.5, 0.6) is 11.5 Å². The molecule has 8 heteroatoms. The van der Waals surface area contributed by atoms with Crippen LogP contribution < -0.4 is 14.3 Å². The average Bonchev–Trinajstić information content (AvgIpc) is 3.25. The van der Waals surface area contributed by atoms with Gasteiger partial charge in [0.2, 0.25) is 0 Å². The van der Waals surface area contributed by atoms with Crippen LogP contribution in [0.25, 0.3) is 11.3 Å². The lowest BCUT2D eigenvalue weighted by atomic mass is 10.1. The third kappa shape index (κ3) is 5.12. The summed E-state index contributed by atoms with van der Waals surface area (Å²) in [6, 6.07) is 22.3. The third-order valence-electron chi connectivity index (χ3n) is 5.22. The molecule has 0 fully saturated rings. The summed E-state index contributed by atoms with van der Waals surface area (Å²) >= 11 is 1.54. The van der Waals surface area contributed by atoms with Gasteiger partial charge in [-0.05, 0) is 53.9 Å². The van der Waals surface area contributed by atoms with Gasteiger partial charge in [0, 0.05) is 24.1 Å². The molecule has 0 aliphatic carbocycles. The lowest BCUT2D eigenvalue weighted by Crippen LogP contribution is -2.17. The average molecular weight is 462 g/mol. The summed E-state index contributed by atoms with van der Waals surface area (Å²) in [6.45, 7) is 0.678. The van der Waals surface area contributed by atoms with Crippen molar-refractivity contribution in [3.8, 4) is 22.8 Å². The van der Waals surface area contributed by atoms with Gasteiger partial charge in [-0.25, -0.2) is 4.99 Å². The van der Waals surface area contributed by atoms with E-state index in [1.807, 2.05) is 53.9 Å². The van der Waals surface area contributed by atoms with Crippen LogP contribution in [-0.2, 0) is 13.0 Å². The Balaban J connectivity index is 1.71. The maximum atomic E-state index is 11.0. The third-order valence-corrected chi connectivity index (χ3v) is 6.09. The lowest BCUT2D eigenvalue weighted by molar-refractivity contribution is -0.384. The first-order valence-corrected chi connectivity index (χ1v) is 11.2. The fraction of sp³-hybridized carbons (Fsp3) is 0.160. The number of aryl methyl sites for hydroxylation is 1. The highest BCUT2D eigenvalue weighted by Crippen LogP contribution is 2.28. The molecule has 0 saturated heterocycles. The van der Waals surface area contributed by atoms with Gasteiger partial charge in [-0.3, -0.25) is 10.1 Å². The molecule has 0 bridgehead atoms. The Morgan fingerprint density at radius 3 is 2.36 bits per heavy atom. The second-order valence-electron chi connectivity index (χ2n) is 7.25. The first kappa shape index (κ1) is 22.3. The molecular formula is C25H23N3O4S. The Bertz CT molecular complexity index is 1310. The van der Waals surface area contributed by atoms with Gasteiger partial charge in [-0.1, -0.05) is 24.3 Å². The van der Waals surface area contributed by atoms with Crippen LogP contribution in [-0.4, -0.2) is 23.7 Å². The SMILES string of the molecule is COc1ccc(CCn2c(-c3ccc([N+](=O)[O-])cc3)csc2=Nc2ccccc2)cc1OC. The second kappa shape index (κ2) is 10.1. The van der Waals surface area contributed by atoms with E-state index in [0.29, 0.717) is 18.0 Å². The molecule has 0 spiro atoms. The molecule has 1 aromatic heterocycles. The fourth-order valence-electron chi connectivity index (χ4n) is 3.51. The highest BCUT2D eigenvalue weighted by Gasteiger charge is 2.12. The number of hydrogen-bond donors (Lipinski definition) is 0.